The van der Waals surface area contributed by atoms with Crippen LogP contribution in [0.25, 0.3) is 0 Å². The fourth-order valence-corrected chi connectivity index (χ4v) is 5.00. The first-order valence-electron chi connectivity index (χ1n) is 12.2. The Morgan fingerprint density at radius 2 is 1.71 bits per heavy atom. The van der Waals surface area contributed by atoms with Gasteiger partial charge in [-0.2, -0.15) is 0 Å². The van der Waals surface area contributed by atoms with Gasteiger partial charge in [0.05, 0.1) is 0 Å². The molecule has 168 valence electrons. The lowest BCUT2D eigenvalue weighted by Gasteiger charge is -2.38. The number of aromatic nitrogens is 1. The van der Waals surface area contributed by atoms with Gasteiger partial charge in [-0.1, -0.05) is 50.5 Å². The van der Waals surface area contributed by atoms with Crippen molar-refractivity contribution in [2.75, 3.05) is 43.8 Å². The number of unbranched alkanes of at least 4 members (excludes halogenated alkanes) is 1. The lowest BCUT2D eigenvalue weighted by Crippen LogP contribution is -2.49. The molecule has 5 heteroatoms. The zero-order valence-corrected chi connectivity index (χ0v) is 19.2. The predicted octanol–water partition coefficient (Wildman–Crippen LogP) is 4.53. The molecule has 1 aromatic heterocycles. The molecule has 1 saturated heterocycles. The standard InChI is InChI=1S/C26H39N5/c1-2-3-12-28-23-18-24(29-26(27)19-23)17-21-8-10-22(11-9-21)20-30-13-15-31(16-14-30)25-6-4-5-7-25/h8-11,18-19,25H,2-7,12-17,20H2,1H3,(H3,27,28,29). The molecule has 3 N–H and O–H groups in total. The molecular formula is C26H39N5. The molecule has 2 fully saturated rings. The second kappa shape index (κ2) is 11.0. The summed E-state index contributed by atoms with van der Waals surface area (Å²) in [5.41, 5.74) is 10.8. The Hall–Kier alpha value is -2.11. The number of rotatable bonds is 9. The van der Waals surface area contributed by atoms with Gasteiger partial charge in [-0.15, -0.1) is 0 Å². The van der Waals surface area contributed by atoms with Gasteiger partial charge >= 0.3 is 0 Å². The van der Waals surface area contributed by atoms with Gasteiger partial charge in [-0.05, 0) is 36.5 Å². The fraction of sp³-hybridized carbons (Fsp3) is 0.577. The van der Waals surface area contributed by atoms with Crippen LogP contribution in [0, 0.1) is 0 Å². The number of benzene rings is 1. The van der Waals surface area contributed by atoms with Crippen LogP contribution in [-0.4, -0.2) is 53.5 Å². The number of anilines is 2. The van der Waals surface area contributed by atoms with E-state index in [1.807, 2.05) is 6.07 Å². The Balaban J connectivity index is 1.27. The molecule has 1 saturated carbocycles. The van der Waals surface area contributed by atoms with Crippen molar-refractivity contribution in [3.63, 3.8) is 0 Å². The summed E-state index contributed by atoms with van der Waals surface area (Å²) in [6, 6.07) is 14.0. The quantitative estimate of drug-likeness (QED) is 0.583. The molecule has 31 heavy (non-hydrogen) atoms. The summed E-state index contributed by atoms with van der Waals surface area (Å²) in [6.07, 6.45) is 8.85. The van der Waals surface area contributed by atoms with E-state index in [0.29, 0.717) is 5.82 Å². The maximum atomic E-state index is 6.04. The summed E-state index contributed by atoms with van der Waals surface area (Å²) >= 11 is 0. The van der Waals surface area contributed by atoms with Gasteiger partial charge in [-0.3, -0.25) is 9.80 Å². The molecule has 0 bridgehead atoms. The smallest absolute Gasteiger partial charge is 0.125 e. The number of nitrogen functional groups attached to an aromatic ring is 1. The molecule has 0 atom stereocenters. The van der Waals surface area contributed by atoms with Crippen LogP contribution < -0.4 is 11.1 Å². The van der Waals surface area contributed by atoms with Gasteiger partial charge in [0, 0.05) is 69.2 Å². The number of nitrogens with one attached hydrogen (secondary N) is 1. The minimum atomic E-state index is 0.588. The van der Waals surface area contributed by atoms with Gasteiger partial charge in [-0.25, -0.2) is 4.98 Å². The number of piperazine rings is 1. The number of hydrogen-bond acceptors (Lipinski definition) is 5. The van der Waals surface area contributed by atoms with E-state index < -0.39 is 0 Å². The van der Waals surface area contributed by atoms with Crippen molar-refractivity contribution in [3.05, 3.63) is 53.2 Å². The van der Waals surface area contributed by atoms with Crippen molar-refractivity contribution in [2.24, 2.45) is 0 Å². The number of pyridine rings is 1. The topological polar surface area (TPSA) is 57.4 Å². The van der Waals surface area contributed by atoms with Crippen molar-refractivity contribution in [3.8, 4) is 0 Å². The minimum Gasteiger partial charge on any atom is -0.385 e. The van der Waals surface area contributed by atoms with Crippen LogP contribution in [0.5, 0.6) is 0 Å². The van der Waals surface area contributed by atoms with Crippen LogP contribution in [0.15, 0.2) is 36.4 Å². The van der Waals surface area contributed by atoms with Crippen LogP contribution in [0.4, 0.5) is 11.5 Å². The van der Waals surface area contributed by atoms with E-state index >= 15 is 0 Å². The molecule has 5 nitrogen and oxygen atoms in total. The van der Waals surface area contributed by atoms with Crippen molar-refractivity contribution in [1.82, 2.24) is 14.8 Å². The average molecular weight is 422 g/mol. The third-order valence-electron chi connectivity index (χ3n) is 6.82. The van der Waals surface area contributed by atoms with E-state index in [1.165, 1.54) is 69.4 Å². The molecule has 0 radical (unpaired) electrons. The summed E-state index contributed by atoms with van der Waals surface area (Å²) in [7, 11) is 0. The van der Waals surface area contributed by atoms with Gasteiger partial charge < -0.3 is 11.1 Å². The maximum absolute atomic E-state index is 6.04. The Morgan fingerprint density at radius 1 is 1.00 bits per heavy atom. The highest BCUT2D eigenvalue weighted by atomic mass is 15.3. The molecule has 0 unspecified atom stereocenters. The summed E-state index contributed by atoms with van der Waals surface area (Å²) in [6.45, 7) is 9.09. The monoisotopic (exact) mass is 421 g/mol. The molecule has 1 aliphatic carbocycles. The fourth-order valence-electron chi connectivity index (χ4n) is 5.00. The second-order valence-electron chi connectivity index (χ2n) is 9.30. The SMILES string of the molecule is CCCCNc1cc(N)nc(Cc2ccc(CN3CCN(C4CCCC4)CC3)cc2)c1. The Morgan fingerprint density at radius 3 is 2.42 bits per heavy atom. The molecule has 0 amide bonds. The van der Waals surface area contributed by atoms with Crippen LogP contribution in [0.2, 0.25) is 0 Å². The lowest BCUT2D eigenvalue weighted by molar-refractivity contribution is 0.0937. The summed E-state index contributed by atoms with van der Waals surface area (Å²) < 4.78 is 0. The van der Waals surface area contributed by atoms with Crippen molar-refractivity contribution in [1.29, 1.82) is 0 Å². The highest BCUT2D eigenvalue weighted by molar-refractivity contribution is 5.52. The molecular weight excluding hydrogens is 382 g/mol. The van der Waals surface area contributed by atoms with E-state index in [2.05, 4.69) is 57.4 Å². The Bertz CT molecular complexity index is 805. The summed E-state index contributed by atoms with van der Waals surface area (Å²) in [4.78, 5) is 9.88. The number of nitrogens with two attached hydrogens (primary N) is 1. The molecule has 2 aromatic rings. The van der Waals surface area contributed by atoms with Crippen LogP contribution >= 0.6 is 0 Å². The first kappa shape index (κ1) is 22.1. The van der Waals surface area contributed by atoms with Gasteiger partial charge in [0.15, 0.2) is 0 Å². The van der Waals surface area contributed by atoms with Crippen LogP contribution in [-0.2, 0) is 13.0 Å². The third-order valence-corrected chi connectivity index (χ3v) is 6.82. The molecule has 4 rings (SSSR count). The van der Waals surface area contributed by atoms with Gasteiger partial charge in [0.1, 0.15) is 5.82 Å². The molecule has 2 heterocycles. The van der Waals surface area contributed by atoms with Crippen molar-refractivity contribution >= 4 is 11.5 Å². The van der Waals surface area contributed by atoms with Crippen molar-refractivity contribution < 1.29 is 0 Å². The molecule has 1 aliphatic heterocycles. The summed E-state index contributed by atoms with van der Waals surface area (Å²) in [5.74, 6) is 0.588. The van der Waals surface area contributed by atoms with E-state index in [-0.39, 0.29) is 0 Å². The van der Waals surface area contributed by atoms with E-state index in [1.54, 1.807) is 0 Å². The highest BCUT2D eigenvalue weighted by Crippen LogP contribution is 2.24. The first-order valence-corrected chi connectivity index (χ1v) is 12.2. The van der Waals surface area contributed by atoms with Crippen LogP contribution in [0.3, 0.4) is 0 Å². The Kier molecular flexibility index (Phi) is 7.81. The van der Waals surface area contributed by atoms with Gasteiger partial charge in [0.2, 0.25) is 0 Å². The number of hydrogen-bond donors (Lipinski definition) is 2. The minimum absolute atomic E-state index is 0.588. The highest BCUT2D eigenvalue weighted by Gasteiger charge is 2.25. The van der Waals surface area contributed by atoms with Gasteiger partial charge in [0.25, 0.3) is 0 Å². The zero-order valence-electron chi connectivity index (χ0n) is 19.2. The van der Waals surface area contributed by atoms with E-state index in [9.17, 15) is 0 Å². The number of nitrogens with zero attached hydrogens (tertiary/aromatic N) is 3. The maximum Gasteiger partial charge on any atom is 0.125 e. The Labute approximate surface area is 188 Å². The largest absolute Gasteiger partial charge is 0.385 e. The second-order valence-corrected chi connectivity index (χ2v) is 9.30. The van der Waals surface area contributed by atoms with E-state index in [4.69, 9.17) is 5.73 Å². The molecule has 2 aliphatic rings. The first-order chi connectivity index (χ1) is 15.2. The van der Waals surface area contributed by atoms with Crippen LogP contribution in [0.1, 0.15) is 62.3 Å². The normalized spacial score (nSPS) is 18.5. The van der Waals surface area contributed by atoms with E-state index in [0.717, 1.165) is 43.4 Å². The third kappa shape index (κ3) is 6.44. The molecule has 1 aromatic carbocycles. The van der Waals surface area contributed by atoms with Crippen molar-refractivity contribution in [2.45, 2.75) is 64.5 Å². The zero-order chi connectivity index (χ0) is 21.5. The summed E-state index contributed by atoms with van der Waals surface area (Å²) in [5, 5.41) is 3.46. The lowest BCUT2D eigenvalue weighted by atomic mass is 10.1. The average Bonchev–Trinajstić information content (AvgIpc) is 3.31. The molecule has 0 spiro atoms. The predicted molar refractivity (Wildman–Crippen MR) is 130 cm³/mol.